The molecule has 162 valence electrons. The van der Waals surface area contributed by atoms with Gasteiger partial charge in [-0.1, -0.05) is 0 Å². The third-order valence-electron chi connectivity index (χ3n) is 4.65. The standard InChI is InChI=1S/C22H25N5O3S/c1-15(20(25-2)10-12-23)27-31(24,28)18-7-4-16(5-8-18)30-22-11-13-26-21-14-17(29-3)6-9-19(21)22/h4-15,23,25H,1-3H3,(H2,24,27,28)/b20-10-,23-12?/t15-,31+/m0/s1. The molecule has 1 heterocycles. The quantitative estimate of drug-likeness (QED) is 0.374. The molecule has 3 aromatic rings. The largest absolute Gasteiger partial charge is 0.497 e. The Hall–Kier alpha value is -3.43. The fraction of sp³-hybridized carbons (Fsp3) is 0.182. The summed E-state index contributed by atoms with van der Waals surface area (Å²) in [4.78, 5) is 4.68. The Bertz CT molecular complexity index is 1210. The Balaban J connectivity index is 1.80. The molecule has 2 aromatic carbocycles. The summed E-state index contributed by atoms with van der Waals surface area (Å²) >= 11 is 0. The lowest BCUT2D eigenvalue weighted by Crippen LogP contribution is -2.36. The third kappa shape index (κ3) is 5.19. The summed E-state index contributed by atoms with van der Waals surface area (Å²) in [5.41, 5.74) is 1.41. The highest BCUT2D eigenvalue weighted by Crippen LogP contribution is 2.31. The number of allylic oxidation sites excluding steroid dienone is 1. The van der Waals surface area contributed by atoms with Gasteiger partial charge in [-0.25, -0.2) is 13.7 Å². The van der Waals surface area contributed by atoms with Gasteiger partial charge in [0.15, 0.2) is 0 Å². The number of fused-ring (bicyclic) bond motifs is 1. The zero-order valence-corrected chi connectivity index (χ0v) is 18.3. The van der Waals surface area contributed by atoms with E-state index in [9.17, 15) is 4.21 Å². The number of benzene rings is 2. The maximum atomic E-state index is 12.9. The van der Waals surface area contributed by atoms with Crippen LogP contribution < -0.4 is 19.5 Å². The number of nitrogens with zero attached hydrogens (tertiary/aromatic N) is 1. The first-order chi connectivity index (χ1) is 14.9. The Labute approximate surface area is 181 Å². The average Bonchev–Trinajstić information content (AvgIpc) is 2.77. The van der Waals surface area contributed by atoms with Crippen molar-refractivity contribution in [1.82, 2.24) is 15.0 Å². The maximum Gasteiger partial charge on any atom is 0.138 e. The molecule has 1 aromatic heterocycles. The lowest BCUT2D eigenvalue weighted by Gasteiger charge is -2.19. The van der Waals surface area contributed by atoms with Crippen molar-refractivity contribution in [2.45, 2.75) is 17.9 Å². The SMILES string of the molecule is CN/C(=C\C=N)[C@H](C)N[S@@](=N)(=O)c1ccc(Oc2ccnc3cc(OC)ccc23)cc1. The minimum atomic E-state index is -3.25. The lowest BCUT2D eigenvalue weighted by atomic mass is 10.2. The van der Waals surface area contributed by atoms with Gasteiger partial charge < -0.3 is 20.2 Å². The minimum absolute atomic E-state index is 0.335. The number of likely N-dealkylation sites (N-methyl/N-ethyl adjacent to an activating group) is 1. The molecule has 0 saturated carbocycles. The van der Waals surface area contributed by atoms with Gasteiger partial charge in [0, 0.05) is 36.6 Å². The van der Waals surface area contributed by atoms with E-state index >= 15 is 0 Å². The van der Waals surface area contributed by atoms with Gasteiger partial charge in [-0.2, -0.15) is 0 Å². The summed E-state index contributed by atoms with van der Waals surface area (Å²) in [5, 5.41) is 11.0. The van der Waals surface area contributed by atoms with Gasteiger partial charge in [0.25, 0.3) is 0 Å². The molecule has 0 saturated heterocycles. The van der Waals surface area contributed by atoms with Crippen molar-refractivity contribution in [3.63, 3.8) is 0 Å². The summed E-state index contributed by atoms with van der Waals surface area (Å²) in [6, 6.07) is 13.5. The van der Waals surface area contributed by atoms with Crippen LogP contribution in [0.1, 0.15) is 6.92 Å². The molecule has 0 aliphatic heterocycles. The van der Waals surface area contributed by atoms with Crippen LogP contribution in [0.15, 0.2) is 71.4 Å². The number of hydrogen-bond acceptors (Lipinski definition) is 7. The predicted molar refractivity (Wildman–Crippen MR) is 122 cm³/mol. The van der Waals surface area contributed by atoms with Gasteiger partial charge in [0.05, 0.1) is 23.6 Å². The van der Waals surface area contributed by atoms with Crippen LogP contribution in [0, 0.1) is 10.2 Å². The Morgan fingerprint density at radius 3 is 2.52 bits per heavy atom. The molecule has 2 atom stereocenters. The van der Waals surface area contributed by atoms with E-state index in [1.807, 2.05) is 18.2 Å². The van der Waals surface area contributed by atoms with Crippen LogP contribution in [-0.2, 0) is 9.92 Å². The van der Waals surface area contributed by atoms with E-state index in [-0.39, 0.29) is 0 Å². The van der Waals surface area contributed by atoms with Crippen LogP contribution in [0.25, 0.3) is 10.9 Å². The normalized spacial score (nSPS) is 14.5. The van der Waals surface area contributed by atoms with E-state index in [4.69, 9.17) is 19.7 Å². The van der Waals surface area contributed by atoms with Crippen LogP contribution in [0.5, 0.6) is 17.2 Å². The molecule has 0 unspecified atom stereocenters. The molecule has 0 aliphatic carbocycles. The topological polar surface area (TPSA) is 120 Å². The Morgan fingerprint density at radius 1 is 1.16 bits per heavy atom. The second-order valence-electron chi connectivity index (χ2n) is 6.70. The van der Waals surface area contributed by atoms with Crippen LogP contribution in [0.2, 0.25) is 0 Å². The van der Waals surface area contributed by atoms with Crippen LogP contribution in [0.4, 0.5) is 0 Å². The molecular weight excluding hydrogens is 414 g/mol. The summed E-state index contributed by atoms with van der Waals surface area (Å²) in [6.45, 7) is 1.78. The highest BCUT2D eigenvalue weighted by atomic mass is 32.2. The number of pyridine rings is 1. The van der Waals surface area contributed by atoms with Crippen molar-refractivity contribution in [3.05, 3.63) is 66.5 Å². The van der Waals surface area contributed by atoms with Gasteiger partial charge in [-0.15, -0.1) is 0 Å². The van der Waals surface area contributed by atoms with Crippen LogP contribution >= 0.6 is 0 Å². The number of aromatic nitrogens is 1. The molecule has 0 aliphatic rings. The molecular formula is C22H25N5O3S. The number of hydrogen-bond donors (Lipinski definition) is 4. The zero-order chi connectivity index (χ0) is 22.4. The fourth-order valence-electron chi connectivity index (χ4n) is 3.06. The zero-order valence-electron chi connectivity index (χ0n) is 17.5. The van der Waals surface area contributed by atoms with Crippen molar-refractivity contribution < 1.29 is 13.7 Å². The van der Waals surface area contributed by atoms with Crippen molar-refractivity contribution in [1.29, 1.82) is 10.2 Å². The molecule has 0 spiro atoms. The number of rotatable bonds is 9. The summed E-state index contributed by atoms with van der Waals surface area (Å²) in [5.74, 6) is 1.90. The van der Waals surface area contributed by atoms with Crippen molar-refractivity contribution in [3.8, 4) is 17.2 Å². The predicted octanol–water partition coefficient (Wildman–Crippen LogP) is 4.09. The Kier molecular flexibility index (Phi) is 6.88. The van der Waals surface area contributed by atoms with E-state index in [1.54, 1.807) is 63.7 Å². The maximum absolute atomic E-state index is 12.9. The van der Waals surface area contributed by atoms with Gasteiger partial charge >= 0.3 is 0 Å². The number of ether oxygens (including phenoxy) is 2. The van der Waals surface area contributed by atoms with Crippen LogP contribution in [0.3, 0.4) is 0 Å². The van der Waals surface area contributed by atoms with E-state index in [0.717, 1.165) is 17.1 Å². The molecule has 0 radical (unpaired) electrons. The highest BCUT2D eigenvalue weighted by Gasteiger charge is 2.16. The smallest absolute Gasteiger partial charge is 0.138 e. The summed E-state index contributed by atoms with van der Waals surface area (Å²) < 4.78 is 35.2. The first-order valence-electron chi connectivity index (χ1n) is 9.53. The van der Waals surface area contributed by atoms with Gasteiger partial charge in [-0.05, 0) is 55.5 Å². The minimum Gasteiger partial charge on any atom is -0.497 e. The van der Waals surface area contributed by atoms with Crippen molar-refractivity contribution in [2.75, 3.05) is 14.2 Å². The van der Waals surface area contributed by atoms with Gasteiger partial charge in [-0.3, -0.25) is 4.98 Å². The van der Waals surface area contributed by atoms with E-state index < -0.39 is 16.0 Å². The number of methoxy groups -OCH3 is 1. The molecule has 3 rings (SSSR count). The second-order valence-corrected chi connectivity index (χ2v) is 8.52. The van der Waals surface area contributed by atoms with Crippen molar-refractivity contribution >= 4 is 27.0 Å². The molecule has 0 bridgehead atoms. The first-order valence-corrected chi connectivity index (χ1v) is 11.1. The van der Waals surface area contributed by atoms with Crippen LogP contribution in [-0.4, -0.2) is 35.6 Å². The molecule has 0 amide bonds. The summed E-state index contributed by atoms with van der Waals surface area (Å²) in [6.07, 6.45) is 4.36. The van der Waals surface area contributed by atoms with E-state index in [0.29, 0.717) is 27.8 Å². The van der Waals surface area contributed by atoms with Gasteiger partial charge in [0.1, 0.15) is 27.2 Å². The first kappa shape index (κ1) is 22.3. The Morgan fingerprint density at radius 2 is 1.87 bits per heavy atom. The molecule has 31 heavy (non-hydrogen) atoms. The number of nitrogens with one attached hydrogen (secondary N) is 4. The van der Waals surface area contributed by atoms with E-state index in [1.165, 1.54) is 0 Å². The average molecular weight is 440 g/mol. The molecule has 4 N–H and O–H groups in total. The van der Waals surface area contributed by atoms with Gasteiger partial charge in [0.2, 0.25) is 0 Å². The molecule has 8 nitrogen and oxygen atoms in total. The molecule has 0 fully saturated rings. The monoisotopic (exact) mass is 439 g/mol. The second kappa shape index (κ2) is 9.59. The fourth-order valence-corrected chi connectivity index (χ4v) is 4.34. The van der Waals surface area contributed by atoms with E-state index in [2.05, 4.69) is 15.0 Å². The molecule has 9 heteroatoms. The lowest BCUT2D eigenvalue weighted by molar-refractivity contribution is 0.415. The summed E-state index contributed by atoms with van der Waals surface area (Å²) in [7, 11) is 0.0662. The third-order valence-corrected chi connectivity index (χ3v) is 6.28. The highest BCUT2D eigenvalue weighted by molar-refractivity contribution is 7.90. The van der Waals surface area contributed by atoms with Crippen molar-refractivity contribution in [2.24, 2.45) is 0 Å².